The largest absolute Gasteiger partial charge is 0.380 e. The number of hydrogen-bond acceptors (Lipinski definition) is 4. The summed E-state index contributed by atoms with van der Waals surface area (Å²) in [5, 5.41) is 8.23. The van der Waals surface area contributed by atoms with Crippen LogP contribution in [-0.2, 0) is 4.74 Å². The Hall–Kier alpha value is -1.60. The van der Waals surface area contributed by atoms with Crippen LogP contribution in [0.2, 0.25) is 0 Å². The number of carbonyl (C=O) groups excluding carboxylic acids is 2. The summed E-state index contributed by atoms with van der Waals surface area (Å²) < 4.78 is 5.34. The summed E-state index contributed by atoms with van der Waals surface area (Å²) in [7, 11) is 0. The number of amides is 3. The van der Waals surface area contributed by atoms with E-state index in [1.54, 1.807) is 11.0 Å². The first kappa shape index (κ1) is 14.3. The highest BCUT2D eigenvalue weighted by Gasteiger charge is 2.26. The van der Waals surface area contributed by atoms with Gasteiger partial charge in [0.2, 0.25) is 0 Å². The number of carbonyl (C=O) groups is 2. The van der Waals surface area contributed by atoms with Gasteiger partial charge in [-0.3, -0.25) is 10.1 Å². The summed E-state index contributed by atoms with van der Waals surface area (Å²) in [5.74, 6) is -0.103. The Bertz CT molecular complexity index is 519. The van der Waals surface area contributed by atoms with E-state index in [1.807, 2.05) is 5.38 Å². The summed E-state index contributed by atoms with van der Waals surface area (Å²) in [6, 6.07) is 1.90. The lowest BCUT2D eigenvalue weighted by Gasteiger charge is -2.20. The van der Waals surface area contributed by atoms with E-state index in [9.17, 15) is 9.59 Å². The Morgan fingerprint density at radius 2 is 2.14 bits per heavy atom. The Balaban J connectivity index is 1.62. The molecule has 0 aromatic carbocycles. The van der Waals surface area contributed by atoms with Gasteiger partial charge in [-0.15, -0.1) is 11.3 Å². The van der Waals surface area contributed by atoms with Gasteiger partial charge in [-0.2, -0.15) is 0 Å². The van der Waals surface area contributed by atoms with E-state index in [0.717, 1.165) is 19.3 Å². The fraction of sp³-hybridized carbons (Fsp3) is 0.571. The number of hydrogen-bond donors (Lipinski definition) is 2. The molecular weight excluding hydrogens is 290 g/mol. The standard InChI is InChI=1S/C14H19N3O3S/c18-12(15-10-2-3-10)11-4-9-21-13(11)16-14(19)17-5-1-7-20-8-6-17/h4,9-10H,1-3,5-8H2,(H,15,18)(H,16,19). The zero-order valence-electron chi connectivity index (χ0n) is 11.8. The normalized spacial score (nSPS) is 19.0. The molecule has 114 valence electrons. The molecule has 3 amide bonds. The van der Waals surface area contributed by atoms with Gasteiger partial charge >= 0.3 is 6.03 Å². The summed E-state index contributed by atoms with van der Waals surface area (Å²) in [5.41, 5.74) is 0.548. The maximum absolute atomic E-state index is 12.3. The first-order valence-corrected chi connectivity index (χ1v) is 8.14. The second-order valence-corrected chi connectivity index (χ2v) is 6.21. The van der Waals surface area contributed by atoms with Gasteiger partial charge < -0.3 is 15.0 Å². The molecule has 21 heavy (non-hydrogen) atoms. The first-order valence-electron chi connectivity index (χ1n) is 7.26. The van der Waals surface area contributed by atoms with Crippen molar-refractivity contribution in [1.29, 1.82) is 0 Å². The smallest absolute Gasteiger partial charge is 0.322 e. The molecule has 0 unspecified atom stereocenters. The van der Waals surface area contributed by atoms with E-state index in [-0.39, 0.29) is 11.9 Å². The number of rotatable bonds is 3. The number of urea groups is 1. The number of nitrogens with one attached hydrogen (secondary N) is 2. The van der Waals surface area contributed by atoms with E-state index in [0.29, 0.717) is 42.9 Å². The molecule has 2 fully saturated rings. The molecule has 0 bridgehead atoms. The van der Waals surface area contributed by atoms with E-state index < -0.39 is 0 Å². The summed E-state index contributed by atoms with van der Waals surface area (Å²) >= 11 is 1.37. The van der Waals surface area contributed by atoms with Crippen LogP contribution in [0.4, 0.5) is 9.80 Å². The molecule has 3 rings (SSSR count). The number of thiophene rings is 1. The lowest BCUT2D eigenvalue weighted by Crippen LogP contribution is -2.37. The first-order chi connectivity index (χ1) is 10.2. The molecular formula is C14H19N3O3S. The molecule has 1 aliphatic heterocycles. The van der Waals surface area contributed by atoms with Crippen LogP contribution in [-0.4, -0.2) is 49.2 Å². The van der Waals surface area contributed by atoms with Crippen molar-refractivity contribution in [2.45, 2.75) is 25.3 Å². The van der Waals surface area contributed by atoms with Gasteiger partial charge in [-0.1, -0.05) is 0 Å². The lowest BCUT2D eigenvalue weighted by atomic mass is 10.3. The average Bonchev–Trinajstić information content (AvgIpc) is 3.22. The maximum Gasteiger partial charge on any atom is 0.322 e. The molecule has 1 aromatic heterocycles. The molecule has 1 saturated heterocycles. The lowest BCUT2D eigenvalue weighted by molar-refractivity contribution is 0.0952. The van der Waals surface area contributed by atoms with Crippen molar-refractivity contribution in [1.82, 2.24) is 10.2 Å². The van der Waals surface area contributed by atoms with Gasteiger partial charge in [0.15, 0.2) is 0 Å². The van der Waals surface area contributed by atoms with Crippen molar-refractivity contribution in [3.63, 3.8) is 0 Å². The predicted octanol–water partition coefficient (Wildman–Crippen LogP) is 1.89. The second kappa shape index (κ2) is 6.44. The van der Waals surface area contributed by atoms with Crippen LogP contribution in [0, 0.1) is 0 Å². The molecule has 0 radical (unpaired) electrons. The van der Waals surface area contributed by atoms with E-state index in [2.05, 4.69) is 10.6 Å². The van der Waals surface area contributed by atoms with Crippen molar-refractivity contribution in [3.8, 4) is 0 Å². The van der Waals surface area contributed by atoms with Crippen LogP contribution in [0.15, 0.2) is 11.4 Å². The second-order valence-electron chi connectivity index (χ2n) is 5.29. The third kappa shape index (κ3) is 3.74. The third-order valence-electron chi connectivity index (χ3n) is 3.55. The molecule has 1 aliphatic carbocycles. The minimum Gasteiger partial charge on any atom is -0.380 e. The van der Waals surface area contributed by atoms with Crippen molar-refractivity contribution in [2.75, 3.05) is 31.6 Å². The van der Waals surface area contributed by atoms with Gasteiger partial charge in [-0.05, 0) is 30.7 Å². The summed E-state index contributed by atoms with van der Waals surface area (Å²) in [4.78, 5) is 26.1. The van der Waals surface area contributed by atoms with Crippen molar-refractivity contribution in [3.05, 3.63) is 17.0 Å². The summed E-state index contributed by atoms with van der Waals surface area (Å²) in [6.45, 7) is 2.52. The highest BCUT2D eigenvalue weighted by molar-refractivity contribution is 7.14. The highest BCUT2D eigenvalue weighted by Crippen LogP contribution is 2.26. The molecule has 0 atom stereocenters. The monoisotopic (exact) mass is 309 g/mol. The van der Waals surface area contributed by atoms with Crippen LogP contribution in [0.1, 0.15) is 29.6 Å². The van der Waals surface area contributed by atoms with Crippen molar-refractivity contribution < 1.29 is 14.3 Å². The Morgan fingerprint density at radius 1 is 1.29 bits per heavy atom. The van der Waals surface area contributed by atoms with Gasteiger partial charge in [0.25, 0.3) is 5.91 Å². The quantitative estimate of drug-likeness (QED) is 0.896. The molecule has 2 N–H and O–H groups in total. The van der Waals surface area contributed by atoms with Crippen LogP contribution in [0.3, 0.4) is 0 Å². The van der Waals surface area contributed by atoms with Crippen molar-refractivity contribution in [2.24, 2.45) is 0 Å². The topological polar surface area (TPSA) is 70.7 Å². The van der Waals surface area contributed by atoms with Crippen LogP contribution in [0.5, 0.6) is 0 Å². The number of nitrogens with zero attached hydrogens (tertiary/aromatic N) is 1. The Kier molecular flexibility index (Phi) is 4.40. The fourth-order valence-corrected chi connectivity index (χ4v) is 2.98. The van der Waals surface area contributed by atoms with Gasteiger partial charge in [-0.25, -0.2) is 4.79 Å². The molecule has 2 aliphatic rings. The molecule has 0 spiro atoms. The molecule has 1 saturated carbocycles. The Labute approximate surface area is 127 Å². The van der Waals surface area contributed by atoms with Crippen LogP contribution < -0.4 is 10.6 Å². The molecule has 1 aromatic rings. The van der Waals surface area contributed by atoms with E-state index in [1.165, 1.54) is 11.3 Å². The van der Waals surface area contributed by atoms with Gasteiger partial charge in [0, 0.05) is 25.7 Å². The minimum atomic E-state index is -0.163. The van der Waals surface area contributed by atoms with Crippen LogP contribution >= 0.6 is 11.3 Å². The zero-order chi connectivity index (χ0) is 14.7. The third-order valence-corrected chi connectivity index (χ3v) is 4.38. The Morgan fingerprint density at radius 3 is 2.95 bits per heavy atom. The van der Waals surface area contributed by atoms with Gasteiger partial charge in [0.05, 0.1) is 12.2 Å². The van der Waals surface area contributed by atoms with Gasteiger partial charge in [0.1, 0.15) is 5.00 Å². The molecule has 6 nitrogen and oxygen atoms in total. The maximum atomic E-state index is 12.3. The predicted molar refractivity (Wildman–Crippen MR) is 80.8 cm³/mol. The molecule has 7 heteroatoms. The minimum absolute atomic E-state index is 0.103. The molecule has 2 heterocycles. The SMILES string of the molecule is O=C(NC1CC1)c1ccsc1NC(=O)N1CCCOCC1. The van der Waals surface area contributed by atoms with Crippen molar-refractivity contribution >= 4 is 28.3 Å². The van der Waals surface area contributed by atoms with E-state index >= 15 is 0 Å². The zero-order valence-corrected chi connectivity index (χ0v) is 12.6. The summed E-state index contributed by atoms with van der Waals surface area (Å²) in [6.07, 6.45) is 2.93. The van der Waals surface area contributed by atoms with Crippen LogP contribution in [0.25, 0.3) is 0 Å². The average molecular weight is 309 g/mol. The fourth-order valence-electron chi connectivity index (χ4n) is 2.20. The highest BCUT2D eigenvalue weighted by atomic mass is 32.1. The number of ether oxygens (including phenoxy) is 1. The number of anilines is 1. The van der Waals surface area contributed by atoms with E-state index in [4.69, 9.17) is 4.74 Å².